The van der Waals surface area contributed by atoms with Gasteiger partial charge in [0, 0.05) is 33.6 Å². The van der Waals surface area contributed by atoms with Crippen molar-refractivity contribution < 1.29 is 0 Å². The summed E-state index contributed by atoms with van der Waals surface area (Å²) in [5, 5.41) is 11.4. The van der Waals surface area contributed by atoms with Gasteiger partial charge in [-0.2, -0.15) is 0 Å². The molecule has 0 aliphatic heterocycles. The fourth-order valence-corrected chi connectivity index (χ4v) is 7.54. The molecule has 0 aliphatic rings. The molecule has 0 amide bonds. The Morgan fingerprint density at radius 3 is 1.78 bits per heavy atom. The topological polar surface area (TPSA) is 17.8 Å². The number of para-hydroxylation sites is 3. The number of aromatic nitrogens is 2. The van der Waals surface area contributed by atoms with Crippen LogP contribution in [0.4, 0.5) is 0 Å². The monoisotopic (exact) mass is 570 g/mol. The van der Waals surface area contributed by atoms with Gasteiger partial charge in [-0.1, -0.05) is 109 Å². The first kappa shape index (κ1) is 24.5. The lowest BCUT2D eigenvalue weighted by atomic mass is 9.85. The Morgan fingerprint density at radius 1 is 0.400 bits per heavy atom. The van der Waals surface area contributed by atoms with Crippen LogP contribution in [0.5, 0.6) is 0 Å². The lowest BCUT2D eigenvalue weighted by Crippen LogP contribution is -1.95. The highest BCUT2D eigenvalue weighted by atomic mass is 15.0. The van der Waals surface area contributed by atoms with E-state index in [1.54, 1.807) is 0 Å². The molecule has 0 radical (unpaired) electrons. The summed E-state index contributed by atoms with van der Waals surface area (Å²) in [5.41, 5.74) is 9.36. The van der Waals surface area contributed by atoms with Crippen molar-refractivity contribution in [3.63, 3.8) is 0 Å². The predicted molar refractivity (Wildman–Crippen MR) is 191 cm³/mol. The third kappa shape index (κ3) is 3.54. The number of pyridine rings is 1. The molecule has 10 aromatic rings. The van der Waals surface area contributed by atoms with Gasteiger partial charge >= 0.3 is 0 Å². The highest BCUT2D eigenvalue weighted by Crippen LogP contribution is 2.44. The summed E-state index contributed by atoms with van der Waals surface area (Å²) >= 11 is 0. The molecular weight excluding hydrogens is 544 g/mol. The standard InChI is InChI=1S/C43H26N2/c1-4-16-39-30(9-1)23-31(26-44-39)38-25-37(35-21-19-27-10-7-11-28-20-22-36(38)43(35)42(27)28)29-12-8-13-32(24-29)45-40-17-5-2-14-33(40)34-15-3-6-18-41(34)45/h1-26H. The molecule has 10 rings (SSSR count). The van der Waals surface area contributed by atoms with E-state index in [1.807, 2.05) is 12.3 Å². The molecule has 0 bridgehead atoms. The SMILES string of the molecule is c1cc(-c2cc(-c3cnc4ccccc4c3)c3ccc4cccc5ccc2c3c54)cc(-n2c3ccccc3c3ccccc32)c1. The number of rotatable bonds is 3. The van der Waals surface area contributed by atoms with Gasteiger partial charge in [0.05, 0.1) is 16.6 Å². The van der Waals surface area contributed by atoms with Crippen LogP contribution in [0, 0.1) is 0 Å². The lowest BCUT2D eigenvalue weighted by Gasteiger charge is -2.19. The average molecular weight is 571 g/mol. The molecule has 0 spiro atoms. The third-order valence-corrected chi connectivity index (χ3v) is 9.54. The van der Waals surface area contributed by atoms with E-state index >= 15 is 0 Å². The van der Waals surface area contributed by atoms with Crippen molar-refractivity contribution in [1.29, 1.82) is 0 Å². The van der Waals surface area contributed by atoms with Crippen LogP contribution < -0.4 is 0 Å². The molecule has 45 heavy (non-hydrogen) atoms. The minimum absolute atomic E-state index is 1.01. The van der Waals surface area contributed by atoms with E-state index in [4.69, 9.17) is 4.98 Å². The molecule has 2 nitrogen and oxygen atoms in total. The molecule has 0 atom stereocenters. The highest BCUT2D eigenvalue weighted by molar-refractivity contribution is 6.28. The van der Waals surface area contributed by atoms with Crippen LogP contribution in [0.1, 0.15) is 0 Å². The third-order valence-electron chi connectivity index (χ3n) is 9.54. The Balaban J connectivity index is 1.29. The van der Waals surface area contributed by atoms with Crippen molar-refractivity contribution in [2.75, 3.05) is 0 Å². The largest absolute Gasteiger partial charge is 0.309 e. The zero-order chi connectivity index (χ0) is 29.5. The summed E-state index contributed by atoms with van der Waals surface area (Å²) in [6, 6.07) is 55.3. The van der Waals surface area contributed by atoms with Crippen molar-refractivity contribution in [2.45, 2.75) is 0 Å². The van der Waals surface area contributed by atoms with Gasteiger partial charge in [-0.25, -0.2) is 0 Å². The molecule has 0 fully saturated rings. The summed E-state index contributed by atoms with van der Waals surface area (Å²) < 4.78 is 2.40. The number of hydrogen-bond acceptors (Lipinski definition) is 1. The molecule has 0 unspecified atom stereocenters. The molecule has 2 heterocycles. The van der Waals surface area contributed by atoms with Gasteiger partial charge in [0.1, 0.15) is 0 Å². The average Bonchev–Trinajstić information content (AvgIpc) is 3.45. The van der Waals surface area contributed by atoms with Crippen molar-refractivity contribution in [2.24, 2.45) is 0 Å². The summed E-state index contributed by atoms with van der Waals surface area (Å²) in [7, 11) is 0. The molecule has 0 N–H and O–H groups in total. The van der Waals surface area contributed by atoms with Crippen LogP contribution in [-0.2, 0) is 0 Å². The molecule has 2 heteroatoms. The van der Waals surface area contributed by atoms with Crippen LogP contribution in [0.2, 0.25) is 0 Å². The van der Waals surface area contributed by atoms with Crippen LogP contribution in [0.25, 0.3) is 93.0 Å². The zero-order valence-corrected chi connectivity index (χ0v) is 24.4. The highest BCUT2D eigenvalue weighted by Gasteiger charge is 2.18. The molecule has 0 saturated heterocycles. The van der Waals surface area contributed by atoms with E-state index < -0.39 is 0 Å². The van der Waals surface area contributed by atoms with Gasteiger partial charge in [-0.15, -0.1) is 0 Å². The molecule has 8 aromatic carbocycles. The Hall–Kier alpha value is -5.99. The molecular formula is C43H26N2. The first-order valence-corrected chi connectivity index (χ1v) is 15.5. The zero-order valence-electron chi connectivity index (χ0n) is 24.4. The summed E-state index contributed by atoms with van der Waals surface area (Å²) in [5.74, 6) is 0. The Kier molecular flexibility index (Phi) is 5.03. The van der Waals surface area contributed by atoms with Crippen molar-refractivity contribution in [1.82, 2.24) is 9.55 Å². The number of hydrogen-bond donors (Lipinski definition) is 0. The predicted octanol–water partition coefficient (Wildman–Crippen LogP) is 11.6. The Morgan fingerprint density at radius 2 is 1.02 bits per heavy atom. The van der Waals surface area contributed by atoms with Gasteiger partial charge in [0.15, 0.2) is 0 Å². The second kappa shape index (κ2) is 9.25. The second-order valence-electron chi connectivity index (χ2n) is 12.0. The van der Waals surface area contributed by atoms with Crippen LogP contribution in [0.15, 0.2) is 158 Å². The maximum atomic E-state index is 4.87. The summed E-state index contributed by atoms with van der Waals surface area (Å²) in [6.07, 6.45) is 2.03. The van der Waals surface area contributed by atoms with E-state index in [0.29, 0.717) is 0 Å². The van der Waals surface area contributed by atoms with E-state index in [-0.39, 0.29) is 0 Å². The first-order valence-electron chi connectivity index (χ1n) is 15.5. The van der Waals surface area contributed by atoms with E-state index in [0.717, 1.165) is 22.2 Å². The van der Waals surface area contributed by atoms with Crippen LogP contribution >= 0.6 is 0 Å². The van der Waals surface area contributed by atoms with Gasteiger partial charge in [-0.05, 0) is 91.5 Å². The van der Waals surface area contributed by atoms with Crippen molar-refractivity contribution in [3.05, 3.63) is 158 Å². The minimum atomic E-state index is 1.01. The lowest BCUT2D eigenvalue weighted by molar-refractivity contribution is 1.18. The van der Waals surface area contributed by atoms with E-state index in [1.165, 1.54) is 70.8 Å². The fraction of sp³-hybridized carbons (Fsp3) is 0. The first-order chi connectivity index (χ1) is 22.3. The molecule has 2 aromatic heterocycles. The Bertz CT molecular complexity index is 2700. The van der Waals surface area contributed by atoms with Crippen molar-refractivity contribution in [3.8, 4) is 27.9 Å². The number of benzene rings is 8. The second-order valence-corrected chi connectivity index (χ2v) is 12.0. The maximum absolute atomic E-state index is 4.87. The normalized spacial score (nSPS) is 12.0. The molecule has 0 saturated carbocycles. The van der Waals surface area contributed by atoms with E-state index in [2.05, 4.69) is 150 Å². The van der Waals surface area contributed by atoms with Gasteiger partial charge in [-0.3, -0.25) is 4.98 Å². The molecule has 208 valence electrons. The van der Waals surface area contributed by atoms with Crippen LogP contribution in [-0.4, -0.2) is 9.55 Å². The number of nitrogens with zero attached hydrogens (tertiary/aromatic N) is 2. The minimum Gasteiger partial charge on any atom is -0.309 e. The fourth-order valence-electron chi connectivity index (χ4n) is 7.54. The smallest absolute Gasteiger partial charge is 0.0702 e. The number of fused-ring (bicyclic) bond motifs is 4. The van der Waals surface area contributed by atoms with Gasteiger partial charge < -0.3 is 4.57 Å². The quantitative estimate of drug-likeness (QED) is 0.193. The van der Waals surface area contributed by atoms with Crippen LogP contribution in [0.3, 0.4) is 0 Å². The Labute approximate surface area is 259 Å². The van der Waals surface area contributed by atoms with Crippen molar-refractivity contribution >= 4 is 65.0 Å². The molecule has 0 aliphatic carbocycles. The maximum Gasteiger partial charge on any atom is 0.0702 e. The van der Waals surface area contributed by atoms with E-state index in [9.17, 15) is 0 Å². The van der Waals surface area contributed by atoms with Gasteiger partial charge in [0.25, 0.3) is 0 Å². The summed E-state index contributed by atoms with van der Waals surface area (Å²) in [6.45, 7) is 0. The van der Waals surface area contributed by atoms with Gasteiger partial charge in [0.2, 0.25) is 0 Å². The summed E-state index contributed by atoms with van der Waals surface area (Å²) in [4.78, 5) is 4.87.